The molecule has 1 aromatic carbocycles. The molecule has 1 aromatic rings. The number of fused-ring (bicyclic) bond motifs is 1. The number of hydrogen-bond donors (Lipinski definition) is 1. The van der Waals surface area contributed by atoms with Gasteiger partial charge in [0.25, 0.3) is 11.8 Å². The maximum atomic E-state index is 12.2. The minimum atomic E-state index is -1.00. The lowest BCUT2D eigenvalue weighted by molar-refractivity contribution is -0.143. The Bertz CT molecular complexity index is 597. The third-order valence-electron chi connectivity index (χ3n) is 3.43. The van der Waals surface area contributed by atoms with E-state index < -0.39 is 23.7 Å². The molecule has 1 heterocycles. The second-order valence-electron chi connectivity index (χ2n) is 5.10. The maximum Gasteiger partial charge on any atom is 0.308 e. The van der Waals surface area contributed by atoms with E-state index in [0.717, 1.165) is 4.90 Å². The first kappa shape index (κ1) is 14.7. The molecule has 0 aliphatic carbocycles. The third kappa shape index (κ3) is 2.47. The van der Waals surface area contributed by atoms with Gasteiger partial charge < -0.3 is 5.11 Å². The van der Waals surface area contributed by atoms with E-state index in [1.165, 1.54) is 0 Å². The van der Waals surface area contributed by atoms with Crippen molar-refractivity contribution in [1.82, 2.24) is 4.90 Å². The van der Waals surface area contributed by atoms with Crippen molar-refractivity contribution < 1.29 is 19.5 Å². The van der Waals surface area contributed by atoms with Crippen LogP contribution in [0.4, 0.5) is 0 Å². The Balaban J connectivity index is 2.31. The predicted octanol–water partition coefficient (Wildman–Crippen LogP) is 2.40. The summed E-state index contributed by atoms with van der Waals surface area (Å²) in [5.41, 5.74) is 0.642. The molecule has 0 bridgehead atoms. The smallest absolute Gasteiger partial charge is 0.308 e. The Hall–Kier alpha value is -1.69. The van der Waals surface area contributed by atoms with Crippen molar-refractivity contribution in [2.45, 2.75) is 13.8 Å². The lowest BCUT2D eigenvalue weighted by Gasteiger charge is -2.21. The van der Waals surface area contributed by atoms with E-state index in [1.807, 2.05) is 0 Å². The van der Waals surface area contributed by atoms with Gasteiger partial charge in [0.05, 0.1) is 17.0 Å². The van der Waals surface area contributed by atoms with Gasteiger partial charge in [-0.15, -0.1) is 0 Å². The van der Waals surface area contributed by atoms with E-state index in [0.29, 0.717) is 15.6 Å². The number of carboxylic acid groups (broad SMARTS) is 1. The van der Waals surface area contributed by atoms with Crippen LogP contribution in [0.25, 0.3) is 0 Å². The molecule has 2 amide bonds. The van der Waals surface area contributed by atoms with Gasteiger partial charge in [-0.2, -0.15) is 0 Å². The summed E-state index contributed by atoms with van der Waals surface area (Å²) < 4.78 is 0.706. The van der Waals surface area contributed by atoms with Gasteiger partial charge in [-0.25, -0.2) is 0 Å². The van der Waals surface area contributed by atoms with E-state index in [9.17, 15) is 19.5 Å². The van der Waals surface area contributed by atoms with Crippen LogP contribution in [0, 0.1) is 11.8 Å². The van der Waals surface area contributed by atoms with Crippen LogP contribution in [0.1, 0.15) is 34.6 Å². The lowest BCUT2D eigenvalue weighted by atomic mass is 9.95. The molecular formula is C14H14BrNO4. The predicted molar refractivity (Wildman–Crippen MR) is 75.5 cm³/mol. The van der Waals surface area contributed by atoms with Crippen molar-refractivity contribution in [3.05, 3.63) is 33.8 Å². The fourth-order valence-electron chi connectivity index (χ4n) is 2.20. The van der Waals surface area contributed by atoms with E-state index in [4.69, 9.17) is 0 Å². The average Bonchev–Trinajstić information content (AvgIpc) is 2.58. The van der Waals surface area contributed by atoms with Crippen molar-refractivity contribution in [2.24, 2.45) is 11.8 Å². The molecule has 2 rings (SSSR count). The number of amides is 2. The van der Waals surface area contributed by atoms with Gasteiger partial charge in [-0.1, -0.05) is 29.8 Å². The van der Waals surface area contributed by atoms with Crippen LogP contribution in [0.5, 0.6) is 0 Å². The number of halogens is 1. The second kappa shape index (κ2) is 5.36. The molecule has 6 heteroatoms. The fraction of sp³-hybridized carbons (Fsp3) is 0.357. The highest BCUT2D eigenvalue weighted by Crippen LogP contribution is 2.27. The molecule has 0 saturated carbocycles. The summed E-state index contributed by atoms with van der Waals surface area (Å²) >= 11 is 3.25. The number of carboxylic acids is 1. The summed E-state index contributed by atoms with van der Waals surface area (Å²) in [6, 6.07) is 4.84. The van der Waals surface area contributed by atoms with E-state index in [1.54, 1.807) is 32.0 Å². The first-order valence-electron chi connectivity index (χ1n) is 6.21. The van der Waals surface area contributed by atoms with Crippen LogP contribution in [0.15, 0.2) is 22.7 Å². The monoisotopic (exact) mass is 339 g/mol. The normalized spacial score (nSPS) is 15.7. The van der Waals surface area contributed by atoms with Gasteiger partial charge in [0.15, 0.2) is 0 Å². The number of carbonyl (C=O) groups excluding carboxylic acids is 2. The van der Waals surface area contributed by atoms with Crippen LogP contribution in [0.2, 0.25) is 0 Å². The lowest BCUT2D eigenvalue weighted by Crippen LogP contribution is -2.39. The number of nitrogens with zero attached hydrogens (tertiary/aromatic N) is 1. The van der Waals surface area contributed by atoms with E-state index in [-0.39, 0.29) is 12.5 Å². The van der Waals surface area contributed by atoms with Gasteiger partial charge in [0, 0.05) is 11.0 Å². The van der Waals surface area contributed by atoms with Crippen molar-refractivity contribution in [3.63, 3.8) is 0 Å². The fourth-order valence-corrected chi connectivity index (χ4v) is 2.56. The molecule has 106 valence electrons. The molecule has 1 atom stereocenters. The summed E-state index contributed by atoms with van der Waals surface area (Å²) in [4.78, 5) is 36.7. The number of hydrogen-bond acceptors (Lipinski definition) is 3. The Morgan fingerprint density at radius 1 is 1.25 bits per heavy atom. The zero-order chi connectivity index (χ0) is 15.0. The Labute approximate surface area is 124 Å². The van der Waals surface area contributed by atoms with Crippen LogP contribution in [-0.4, -0.2) is 34.3 Å². The van der Waals surface area contributed by atoms with Gasteiger partial charge in [-0.3, -0.25) is 19.3 Å². The highest BCUT2D eigenvalue weighted by Gasteiger charge is 2.38. The summed E-state index contributed by atoms with van der Waals surface area (Å²) in [6.45, 7) is 3.41. The van der Waals surface area contributed by atoms with Crippen molar-refractivity contribution in [2.75, 3.05) is 6.54 Å². The maximum absolute atomic E-state index is 12.2. The second-order valence-corrected chi connectivity index (χ2v) is 6.02. The van der Waals surface area contributed by atoms with Crippen LogP contribution in [-0.2, 0) is 4.79 Å². The van der Waals surface area contributed by atoms with Crippen LogP contribution >= 0.6 is 15.9 Å². The molecule has 1 aliphatic heterocycles. The Morgan fingerprint density at radius 2 is 1.85 bits per heavy atom. The van der Waals surface area contributed by atoms with Gasteiger partial charge in [0.1, 0.15) is 0 Å². The minimum absolute atomic E-state index is 0.100. The first-order chi connectivity index (χ1) is 9.32. The summed E-state index contributed by atoms with van der Waals surface area (Å²) in [6.07, 6.45) is 0. The molecule has 0 spiro atoms. The Kier molecular flexibility index (Phi) is 3.94. The van der Waals surface area contributed by atoms with Crippen molar-refractivity contribution in [3.8, 4) is 0 Å². The van der Waals surface area contributed by atoms with Gasteiger partial charge >= 0.3 is 5.97 Å². The third-order valence-corrected chi connectivity index (χ3v) is 3.93. The summed E-state index contributed by atoms with van der Waals surface area (Å²) in [5, 5.41) is 9.18. The van der Waals surface area contributed by atoms with Crippen LogP contribution < -0.4 is 0 Å². The highest BCUT2D eigenvalue weighted by molar-refractivity contribution is 9.10. The summed E-state index contributed by atoms with van der Waals surface area (Å²) in [7, 11) is 0. The van der Waals surface area contributed by atoms with E-state index >= 15 is 0 Å². The van der Waals surface area contributed by atoms with Gasteiger partial charge in [-0.05, 0) is 24.1 Å². The average molecular weight is 340 g/mol. The molecule has 0 radical (unpaired) electrons. The molecule has 5 nitrogen and oxygen atoms in total. The number of carbonyl (C=O) groups is 3. The molecule has 1 unspecified atom stereocenters. The van der Waals surface area contributed by atoms with Crippen molar-refractivity contribution >= 4 is 33.7 Å². The quantitative estimate of drug-likeness (QED) is 0.854. The Morgan fingerprint density at radius 3 is 2.40 bits per heavy atom. The minimum Gasteiger partial charge on any atom is -0.481 e. The van der Waals surface area contributed by atoms with E-state index in [2.05, 4.69) is 15.9 Å². The zero-order valence-electron chi connectivity index (χ0n) is 11.1. The standard InChI is InChI=1S/C14H14BrNO4/c1-7(2)11(14(19)20)6-16-12(17)9-4-3-8(15)5-10(9)13(16)18/h3-5,7,11H,6H2,1-2H3,(H,19,20). The zero-order valence-corrected chi connectivity index (χ0v) is 12.7. The topological polar surface area (TPSA) is 74.7 Å². The summed E-state index contributed by atoms with van der Waals surface area (Å²) in [5.74, 6) is -2.79. The number of rotatable bonds is 4. The molecular weight excluding hydrogens is 326 g/mol. The van der Waals surface area contributed by atoms with Gasteiger partial charge in [0.2, 0.25) is 0 Å². The molecule has 0 fully saturated rings. The van der Waals surface area contributed by atoms with Crippen LogP contribution in [0.3, 0.4) is 0 Å². The highest BCUT2D eigenvalue weighted by atomic mass is 79.9. The molecule has 0 aromatic heterocycles. The number of benzene rings is 1. The molecule has 20 heavy (non-hydrogen) atoms. The number of aliphatic carboxylic acids is 1. The molecule has 0 saturated heterocycles. The van der Waals surface area contributed by atoms with Crippen molar-refractivity contribution in [1.29, 1.82) is 0 Å². The molecule has 1 N–H and O–H groups in total. The largest absolute Gasteiger partial charge is 0.481 e. The first-order valence-corrected chi connectivity index (χ1v) is 7.00. The molecule has 1 aliphatic rings. The SMILES string of the molecule is CC(C)C(CN1C(=O)c2ccc(Br)cc2C1=O)C(=O)O. The number of imide groups is 1.